The van der Waals surface area contributed by atoms with Crippen LogP contribution < -0.4 is 10.9 Å². The van der Waals surface area contributed by atoms with Crippen LogP contribution in [0.5, 0.6) is 0 Å². The second-order valence-corrected chi connectivity index (χ2v) is 7.69. The van der Waals surface area contributed by atoms with Gasteiger partial charge < -0.3 is 14.6 Å². The third-order valence-corrected chi connectivity index (χ3v) is 5.39. The quantitative estimate of drug-likeness (QED) is 0.558. The third kappa shape index (κ3) is 4.88. The monoisotopic (exact) mass is 425 g/mol. The van der Waals surface area contributed by atoms with Crippen molar-refractivity contribution < 1.29 is 14.3 Å². The molecule has 1 N–H and O–H groups in total. The highest BCUT2D eigenvalue weighted by molar-refractivity contribution is 7.98. The van der Waals surface area contributed by atoms with Gasteiger partial charge in [0.1, 0.15) is 6.04 Å². The van der Waals surface area contributed by atoms with Crippen molar-refractivity contribution in [2.45, 2.75) is 19.0 Å². The molecule has 0 saturated carbocycles. The van der Waals surface area contributed by atoms with Crippen molar-refractivity contribution >= 4 is 34.4 Å². The molecule has 0 fully saturated rings. The van der Waals surface area contributed by atoms with Gasteiger partial charge >= 0.3 is 5.97 Å². The van der Waals surface area contributed by atoms with Crippen LogP contribution in [0.2, 0.25) is 0 Å². The molecule has 0 spiro atoms. The number of carbonyl (C=O) groups is 2. The number of hydrogen-bond donors (Lipinski definition) is 1. The van der Waals surface area contributed by atoms with Gasteiger partial charge in [0, 0.05) is 29.4 Å². The van der Waals surface area contributed by atoms with Crippen molar-refractivity contribution in [3.8, 4) is 0 Å². The van der Waals surface area contributed by atoms with Crippen molar-refractivity contribution in [3.05, 3.63) is 76.5 Å². The van der Waals surface area contributed by atoms with Crippen molar-refractivity contribution in [2.24, 2.45) is 0 Å². The maximum Gasteiger partial charge on any atom is 0.328 e. The van der Waals surface area contributed by atoms with E-state index in [1.165, 1.54) is 11.7 Å². The zero-order valence-electron chi connectivity index (χ0n) is 16.8. The van der Waals surface area contributed by atoms with Crippen LogP contribution in [-0.4, -0.2) is 46.6 Å². The number of ether oxygens (including phenoxy) is 1. The fraction of sp³-hybridized carbons (Fsp3) is 0.273. The molecule has 0 bridgehead atoms. The Balaban J connectivity index is 2.01. The molecule has 1 aromatic carbocycles. The van der Waals surface area contributed by atoms with E-state index in [2.05, 4.69) is 10.3 Å². The van der Waals surface area contributed by atoms with Crippen molar-refractivity contribution in [1.82, 2.24) is 14.9 Å². The molecule has 7 nitrogen and oxygen atoms in total. The highest BCUT2D eigenvalue weighted by atomic mass is 32.2. The first-order valence-corrected chi connectivity index (χ1v) is 10.8. The third-order valence-electron chi connectivity index (χ3n) is 4.74. The number of pyridine rings is 2. The lowest BCUT2D eigenvalue weighted by Gasteiger charge is -2.18. The summed E-state index contributed by atoms with van der Waals surface area (Å²) in [6.45, 7) is 0.305. The molecule has 8 heteroatoms. The van der Waals surface area contributed by atoms with Crippen LogP contribution in [-0.2, 0) is 16.1 Å². The summed E-state index contributed by atoms with van der Waals surface area (Å²) < 4.78 is 6.33. The number of amides is 1. The van der Waals surface area contributed by atoms with Gasteiger partial charge in [0.15, 0.2) is 0 Å². The highest BCUT2D eigenvalue weighted by Gasteiger charge is 2.23. The first kappa shape index (κ1) is 21.6. The summed E-state index contributed by atoms with van der Waals surface area (Å²) in [6.07, 6.45) is 7.24. The molecule has 1 atom stereocenters. The number of aromatic nitrogens is 2. The molecule has 30 heavy (non-hydrogen) atoms. The van der Waals surface area contributed by atoms with E-state index in [1.807, 2.05) is 18.4 Å². The molecule has 2 aromatic heterocycles. The first-order chi connectivity index (χ1) is 14.5. The maximum absolute atomic E-state index is 13.1. The topological polar surface area (TPSA) is 90.3 Å². The van der Waals surface area contributed by atoms with E-state index < -0.39 is 17.9 Å². The Labute approximate surface area is 178 Å². The first-order valence-electron chi connectivity index (χ1n) is 9.44. The molecular formula is C22H23N3O4S. The molecule has 3 rings (SSSR count). The standard InChI is InChI=1S/C22H23N3O4S/c1-29-22(28)19(9-12-30-2)24-20(26)18-14-25(13-15-7-10-23-11-8-15)21(27)17-6-4-3-5-16(17)18/h3-8,10-11,14,19H,9,12-13H2,1-2H3,(H,24,26)/t19-/m0/s1. The number of esters is 1. The molecule has 156 valence electrons. The number of carbonyl (C=O) groups excluding carboxylic acids is 2. The summed E-state index contributed by atoms with van der Waals surface area (Å²) in [5, 5.41) is 3.75. The number of benzene rings is 1. The van der Waals surface area contributed by atoms with Gasteiger partial charge in [-0.05, 0) is 42.2 Å². The van der Waals surface area contributed by atoms with Gasteiger partial charge in [-0.3, -0.25) is 14.6 Å². The Kier molecular flexibility index (Phi) is 7.24. The molecule has 0 aliphatic rings. The van der Waals surface area contributed by atoms with Crippen LogP contribution in [0.3, 0.4) is 0 Å². The van der Waals surface area contributed by atoms with Gasteiger partial charge in [0.2, 0.25) is 0 Å². The van der Waals surface area contributed by atoms with Crippen molar-refractivity contribution in [3.63, 3.8) is 0 Å². The van der Waals surface area contributed by atoms with Gasteiger partial charge in [0.25, 0.3) is 11.5 Å². The molecule has 2 heterocycles. The highest BCUT2D eigenvalue weighted by Crippen LogP contribution is 2.17. The fourth-order valence-electron chi connectivity index (χ4n) is 3.19. The lowest BCUT2D eigenvalue weighted by atomic mass is 10.1. The van der Waals surface area contributed by atoms with Crippen LogP contribution in [0.15, 0.2) is 59.8 Å². The van der Waals surface area contributed by atoms with Crippen LogP contribution in [0, 0.1) is 0 Å². The molecule has 0 aliphatic carbocycles. The number of hydrogen-bond acceptors (Lipinski definition) is 6. The molecular weight excluding hydrogens is 402 g/mol. The van der Waals surface area contributed by atoms with Crippen LogP contribution in [0.1, 0.15) is 22.3 Å². The summed E-state index contributed by atoms with van der Waals surface area (Å²) in [4.78, 5) is 42.2. The van der Waals surface area contributed by atoms with E-state index >= 15 is 0 Å². The largest absolute Gasteiger partial charge is 0.467 e. The number of rotatable bonds is 8. The summed E-state index contributed by atoms with van der Waals surface area (Å²) in [7, 11) is 1.30. The number of methoxy groups -OCH3 is 1. The van der Waals surface area contributed by atoms with E-state index in [0.717, 1.165) is 5.56 Å². The van der Waals surface area contributed by atoms with Crippen LogP contribution in [0.4, 0.5) is 0 Å². The Hall–Kier alpha value is -3.13. The lowest BCUT2D eigenvalue weighted by molar-refractivity contribution is -0.142. The molecule has 0 unspecified atom stereocenters. The average Bonchev–Trinajstić information content (AvgIpc) is 2.78. The number of nitrogens with zero attached hydrogens (tertiary/aromatic N) is 2. The second kappa shape index (κ2) is 10.1. The Morgan fingerprint density at radius 3 is 2.53 bits per heavy atom. The van der Waals surface area contributed by atoms with E-state index in [0.29, 0.717) is 35.1 Å². The van der Waals surface area contributed by atoms with Crippen molar-refractivity contribution in [2.75, 3.05) is 19.1 Å². The summed E-state index contributed by atoms with van der Waals surface area (Å²) in [5.74, 6) is -0.222. The van der Waals surface area contributed by atoms with E-state index in [1.54, 1.807) is 54.6 Å². The molecule has 3 aromatic rings. The van der Waals surface area contributed by atoms with Gasteiger partial charge in [-0.1, -0.05) is 18.2 Å². The Morgan fingerprint density at radius 1 is 1.17 bits per heavy atom. The molecule has 0 radical (unpaired) electrons. The second-order valence-electron chi connectivity index (χ2n) is 6.71. The minimum absolute atomic E-state index is 0.189. The van der Waals surface area contributed by atoms with E-state index in [9.17, 15) is 14.4 Å². The zero-order chi connectivity index (χ0) is 21.5. The molecule has 1 amide bonds. The van der Waals surface area contributed by atoms with Gasteiger partial charge in [-0.15, -0.1) is 0 Å². The van der Waals surface area contributed by atoms with Crippen LogP contribution in [0.25, 0.3) is 10.8 Å². The maximum atomic E-state index is 13.1. The van der Waals surface area contributed by atoms with E-state index in [4.69, 9.17) is 4.74 Å². The SMILES string of the molecule is COC(=O)[C@H](CCSC)NC(=O)c1cn(Cc2ccncc2)c(=O)c2ccccc12. The fourth-order valence-corrected chi connectivity index (χ4v) is 3.66. The van der Waals surface area contributed by atoms with Gasteiger partial charge in [-0.2, -0.15) is 11.8 Å². The van der Waals surface area contributed by atoms with Crippen LogP contribution >= 0.6 is 11.8 Å². The normalized spacial score (nSPS) is 11.8. The number of nitrogens with one attached hydrogen (secondary N) is 1. The average molecular weight is 426 g/mol. The lowest BCUT2D eigenvalue weighted by Crippen LogP contribution is -2.42. The predicted octanol–water partition coefficient (Wildman–Crippen LogP) is 2.47. The minimum atomic E-state index is -0.755. The predicted molar refractivity (Wildman–Crippen MR) is 118 cm³/mol. The smallest absolute Gasteiger partial charge is 0.328 e. The minimum Gasteiger partial charge on any atom is -0.467 e. The van der Waals surface area contributed by atoms with Crippen molar-refractivity contribution in [1.29, 1.82) is 0 Å². The summed E-state index contributed by atoms with van der Waals surface area (Å²) >= 11 is 1.58. The zero-order valence-corrected chi connectivity index (χ0v) is 17.6. The van der Waals surface area contributed by atoms with Gasteiger partial charge in [0.05, 0.1) is 19.2 Å². The Bertz CT molecular complexity index is 1100. The van der Waals surface area contributed by atoms with Gasteiger partial charge in [-0.25, -0.2) is 4.79 Å². The molecule has 0 saturated heterocycles. The summed E-state index contributed by atoms with van der Waals surface area (Å²) in [5.41, 5.74) is 1.03. The summed E-state index contributed by atoms with van der Waals surface area (Å²) in [6, 6.07) is 9.85. The molecule has 0 aliphatic heterocycles. The number of thioether (sulfide) groups is 1. The van der Waals surface area contributed by atoms with E-state index in [-0.39, 0.29) is 5.56 Å². The number of fused-ring (bicyclic) bond motifs is 1. The Morgan fingerprint density at radius 2 is 1.87 bits per heavy atom.